The SMILES string of the molecule is CC.CC.Cc1nc(-c2cccnc2)nc2cccc(-c3ccccc3)c12. The molecule has 0 saturated carbocycles. The van der Waals surface area contributed by atoms with Crippen molar-refractivity contribution in [3.8, 4) is 22.5 Å². The molecule has 0 aliphatic carbocycles. The molecule has 0 radical (unpaired) electrons. The van der Waals surface area contributed by atoms with Crippen LogP contribution in [0.3, 0.4) is 0 Å². The summed E-state index contributed by atoms with van der Waals surface area (Å²) in [7, 11) is 0. The van der Waals surface area contributed by atoms with Crippen LogP contribution in [0.1, 0.15) is 33.4 Å². The van der Waals surface area contributed by atoms with Crippen LogP contribution < -0.4 is 0 Å². The molecule has 3 heteroatoms. The Bertz CT molecular complexity index is 965. The first-order valence-corrected chi connectivity index (χ1v) is 9.56. The van der Waals surface area contributed by atoms with E-state index in [9.17, 15) is 0 Å². The van der Waals surface area contributed by atoms with Crippen LogP contribution in [0.2, 0.25) is 0 Å². The number of benzene rings is 2. The van der Waals surface area contributed by atoms with E-state index in [-0.39, 0.29) is 0 Å². The molecule has 0 atom stereocenters. The number of nitrogens with zero attached hydrogens (tertiary/aromatic N) is 3. The van der Waals surface area contributed by atoms with E-state index in [0.717, 1.165) is 22.2 Å². The van der Waals surface area contributed by atoms with Crippen LogP contribution in [-0.4, -0.2) is 15.0 Å². The normalized spacial score (nSPS) is 9.67. The fraction of sp³-hybridized carbons (Fsp3) is 0.208. The lowest BCUT2D eigenvalue weighted by Gasteiger charge is -2.10. The zero-order valence-corrected chi connectivity index (χ0v) is 16.8. The van der Waals surface area contributed by atoms with Crippen LogP contribution >= 0.6 is 0 Å². The van der Waals surface area contributed by atoms with Crippen LogP contribution in [0.4, 0.5) is 0 Å². The van der Waals surface area contributed by atoms with Crippen LogP contribution in [0.5, 0.6) is 0 Å². The maximum atomic E-state index is 4.74. The van der Waals surface area contributed by atoms with Crippen molar-refractivity contribution in [3.63, 3.8) is 0 Å². The Balaban J connectivity index is 0.000000614. The zero-order chi connectivity index (χ0) is 19.6. The average molecular weight is 358 g/mol. The molecular formula is C24H27N3. The van der Waals surface area contributed by atoms with Crippen molar-refractivity contribution in [1.82, 2.24) is 15.0 Å². The van der Waals surface area contributed by atoms with Gasteiger partial charge in [-0.3, -0.25) is 4.98 Å². The van der Waals surface area contributed by atoms with Crippen molar-refractivity contribution in [2.75, 3.05) is 0 Å². The van der Waals surface area contributed by atoms with Crippen LogP contribution in [-0.2, 0) is 0 Å². The second-order valence-corrected chi connectivity index (χ2v) is 5.44. The highest BCUT2D eigenvalue weighted by molar-refractivity contribution is 5.96. The predicted octanol–water partition coefficient (Wildman–Crippen LogP) is 6.72. The summed E-state index contributed by atoms with van der Waals surface area (Å²) in [5.41, 5.74) is 5.21. The van der Waals surface area contributed by atoms with E-state index in [1.165, 1.54) is 11.1 Å². The standard InChI is InChI=1S/C20H15N3.2C2H6/c1-14-19-17(15-7-3-2-4-8-15)10-5-11-18(19)23-20(22-14)16-9-6-12-21-13-16;2*1-2/h2-13H,1H3;2*1-2H3. The molecule has 27 heavy (non-hydrogen) atoms. The van der Waals surface area contributed by atoms with E-state index >= 15 is 0 Å². The van der Waals surface area contributed by atoms with E-state index < -0.39 is 0 Å². The summed E-state index contributed by atoms with van der Waals surface area (Å²) >= 11 is 0. The van der Waals surface area contributed by atoms with Gasteiger partial charge in [0.25, 0.3) is 0 Å². The highest BCUT2D eigenvalue weighted by atomic mass is 14.9. The summed E-state index contributed by atoms with van der Waals surface area (Å²) in [6.07, 6.45) is 3.55. The Morgan fingerprint density at radius 1 is 0.667 bits per heavy atom. The molecule has 2 aromatic heterocycles. The molecule has 3 nitrogen and oxygen atoms in total. The summed E-state index contributed by atoms with van der Waals surface area (Å²) in [5, 5.41) is 1.10. The van der Waals surface area contributed by atoms with E-state index in [2.05, 4.69) is 23.2 Å². The quantitative estimate of drug-likeness (QED) is 0.400. The second-order valence-electron chi connectivity index (χ2n) is 5.44. The topological polar surface area (TPSA) is 38.7 Å². The van der Waals surface area contributed by atoms with Crippen LogP contribution in [0, 0.1) is 6.92 Å². The summed E-state index contributed by atoms with van der Waals surface area (Å²) < 4.78 is 0. The minimum absolute atomic E-state index is 0.716. The molecule has 0 saturated heterocycles. The monoisotopic (exact) mass is 357 g/mol. The minimum Gasteiger partial charge on any atom is -0.264 e. The molecule has 0 aliphatic heterocycles. The zero-order valence-electron chi connectivity index (χ0n) is 16.8. The van der Waals surface area contributed by atoms with Gasteiger partial charge < -0.3 is 0 Å². The Morgan fingerprint density at radius 2 is 1.37 bits per heavy atom. The summed E-state index contributed by atoms with van der Waals surface area (Å²) in [6.45, 7) is 10.0. The largest absolute Gasteiger partial charge is 0.264 e. The molecule has 138 valence electrons. The number of hydrogen-bond acceptors (Lipinski definition) is 3. The van der Waals surface area contributed by atoms with Gasteiger partial charge in [0.15, 0.2) is 5.82 Å². The first kappa shape index (κ1) is 20.2. The molecule has 0 fully saturated rings. The molecule has 0 spiro atoms. The van der Waals surface area contributed by atoms with E-state index in [1.54, 1.807) is 12.4 Å². The van der Waals surface area contributed by atoms with Crippen LogP contribution in [0.15, 0.2) is 73.1 Å². The lowest BCUT2D eigenvalue weighted by Crippen LogP contribution is -1.96. The minimum atomic E-state index is 0.716. The van der Waals surface area contributed by atoms with Gasteiger partial charge in [0.2, 0.25) is 0 Å². The van der Waals surface area contributed by atoms with Crippen molar-refractivity contribution < 1.29 is 0 Å². The maximum Gasteiger partial charge on any atom is 0.161 e. The van der Waals surface area contributed by atoms with Crippen molar-refractivity contribution in [2.45, 2.75) is 34.6 Å². The highest BCUT2D eigenvalue weighted by Gasteiger charge is 2.11. The van der Waals surface area contributed by atoms with Gasteiger partial charge in [0.05, 0.1) is 5.52 Å². The van der Waals surface area contributed by atoms with Crippen molar-refractivity contribution in [3.05, 3.63) is 78.8 Å². The smallest absolute Gasteiger partial charge is 0.161 e. The molecular weight excluding hydrogens is 330 g/mol. The Hall–Kier alpha value is -3.07. The molecule has 2 aromatic carbocycles. The number of rotatable bonds is 2. The molecule has 0 amide bonds. The number of aryl methyl sites for hydroxylation is 1. The molecule has 0 aliphatic rings. The fourth-order valence-electron chi connectivity index (χ4n) is 2.85. The van der Waals surface area contributed by atoms with Crippen molar-refractivity contribution >= 4 is 10.9 Å². The summed E-state index contributed by atoms with van der Waals surface area (Å²) in [6, 6.07) is 20.4. The van der Waals surface area contributed by atoms with Crippen molar-refractivity contribution in [2.24, 2.45) is 0 Å². The Morgan fingerprint density at radius 3 is 2.04 bits per heavy atom. The van der Waals surface area contributed by atoms with Crippen LogP contribution in [0.25, 0.3) is 33.4 Å². The summed E-state index contributed by atoms with van der Waals surface area (Å²) in [5.74, 6) is 0.716. The third kappa shape index (κ3) is 4.56. The maximum absolute atomic E-state index is 4.74. The van der Waals surface area contributed by atoms with Gasteiger partial charge in [-0.2, -0.15) is 0 Å². The van der Waals surface area contributed by atoms with Crippen molar-refractivity contribution in [1.29, 1.82) is 0 Å². The number of pyridine rings is 1. The molecule has 2 heterocycles. The third-order valence-electron chi connectivity index (χ3n) is 3.91. The lowest BCUT2D eigenvalue weighted by atomic mass is 9.99. The molecule has 0 N–H and O–H groups in total. The average Bonchev–Trinajstić information content (AvgIpc) is 2.77. The predicted molar refractivity (Wildman–Crippen MR) is 116 cm³/mol. The van der Waals surface area contributed by atoms with Gasteiger partial charge in [-0.1, -0.05) is 70.2 Å². The van der Waals surface area contributed by atoms with E-state index in [4.69, 9.17) is 9.97 Å². The van der Waals surface area contributed by atoms with Gasteiger partial charge in [0.1, 0.15) is 0 Å². The highest BCUT2D eigenvalue weighted by Crippen LogP contribution is 2.30. The van der Waals surface area contributed by atoms with Gasteiger partial charge in [-0.15, -0.1) is 0 Å². The van der Waals surface area contributed by atoms with Gasteiger partial charge in [-0.05, 0) is 36.2 Å². The third-order valence-corrected chi connectivity index (χ3v) is 3.91. The Kier molecular flexibility index (Phi) is 7.63. The summed E-state index contributed by atoms with van der Waals surface area (Å²) in [4.78, 5) is 13.6. The van der Waals surface area contributed by atoms with Gasteiger partial charge in [-0.25, -0.2) is 9.97 Å². The number of aromatic nitrogens is 3. The van der Waals surface area contributed by atoms with Gasteiger partial charge in [0, 0.05) is 29.0 Å². The molecule has 0 bridgehead atoms. The number of hydrogen-bond donors (Lipinski definition) is 0. The van der Waals surface area contributed by atoms with E-state index in [1.807, 2.05) is 77.1 Å². The second kappa shape index (κ2) is 10.2. The molecule has 4 rings (SSSR count). The molecule has 0 unspecified atom stereocenters. The lowest BCUT2D eigenvalue weighted by molar-refractivity contribution is 1.15. The van der Waals surface area contributed by atoms with E-state index in [0.29, 0.717) is 5.82 Å². The first-order chi connectivity index (χ1) is 13.3. The fourth-order valence-corrected chi connectivity index (χ4v) is 2.85. The molecule has 4 aromatic rings. The first-order valence-electron chi connectivity index (χ1n) is 9.56. The number of fused-ring (bicyclic) bond motifs is 1. The van der Waals surface area contributed by atoms with Gasteiger partial charge >= 0.3 is 0 Å². The Labute approximate surface area is 162 Å².